The van der Waals surface area contributed by atoms with Gasteiger partial charge in [-0.2, -0.15) is 0 Å². The van der Waals surface area contributed by atoms with Crippen molar-refractivity contribution in [2.45, 2.75) is 6.10 Å². The fourth-order valence-electron chi connectivity index (χ4n) is 1.79. The minimum absolute atomic E-state index is 0.316. The zero-order chi connectivity index (χ0) is 14.5. The van der Waals surface area contributed by atoms with Gasteiger partial charge in [0.05, 0.1) is 17.7 Å². The minimum atomic E-state index is -0.672. The molecule has 2 aromatic rings. The average Bonchev–Trinajstić information content (AvgIpc) is 2.48. The maximum atomic E-state index is 13.1. The van der Waals surface area contributed by atoms with Crippen molar-refractivity contribution < 1.29 is 14.2 Å². The third kappa shape index (κ3) is 3.71. The Kier molecular flexibility index (Phi) is 4.98. The topological polar surface area (TPSA) is 41.5 Å². The predicted octanol–water partition coefficient (Wildman–Crippen LogP) is 3.74. The number of methoxy groups -OCH3 is 1. The van der Waals surface area contributed by atoms with Gasteiger partial charge in [0.1, 0.15) is 11.6 Å². The molecule has 2 N–H and O–H groups in total. The molecular weight excluding hydrogens is 325 g/mol. The molecule has 3 nitrogen and oxygen atoms in total. The molecule has 2 rings (SSSR count). The highest BCUT2D eigenvalue weighted by Crippen LogP contribution is 2.22. The molecule has 20 heavy (non-hydrogen) atoms. The lowest BCUT2D eigenvalue weighted by Gasteiger charge is -2.14. The molecular formula is C15H15BrFNO2. The molecule has 0 bridgehead atoms. The van der Waals surface area contributed by atoms with Crippen LogP contribution in [0, 0.1) is 5.82 Å². The summed E-state index contributed by atoms with van der Waals surface area (Å²) in [5.41, 5.74) is 1.50. The lowest BCUT2D eigenvalue weighted by Crippen LogP contribution is -2.12. The van der Waals surface area contributed by atoms with Crippen LogP contribution in [0.1, 0.15) is 11.7 Å². The van der Waals surface area contributed by atoms with Gasteiger partial charge in [0, 0.05) is 12.2 Å². The van der Waals surface area contributed by atoms with Gasteiger partial charge in [0.25, 0.3) is 0 Å². The second kappa shape index (κ2) is 6.72. The number of rotatable bonds is 5. The Hall–Kier alpha value is -1.59. The summed E-state index contributed by atoms with van der Waals surface area (Å²) in [5.74, 6) is 0.384. The Balaban J connectivity index is 2.00. The van der Waals surface area contributed by atoms with Crippen LogP contribution in [0.25, 0.3) is 0 Å². The van der Waals surface area contributed by atoms with Crippen molar-refractivity contribution >= 4 is 21.6 Å². The van der Waals surface area contributed by atoms with E-state index in [-0.39, 0.29) is 5.82 Å². The summed E-state index contributed by atoms with van der Waals surface area (Å²) in [5, 5.41) is 13.2. The molecule has 0 aliphatic carbocycles. The van der Waals surface area contributed by atoms with E-state index in [2.05, 4.69) is 21.2 Å². The molecule has 0 radical (unpaired) electrons. The second-order valence-electron chi connectivity index (χ2n) is 4.30. The molecule has 0 saturated heterocycles. The first-order valence-electron chi connectivity index (χ1n) is 6.11. The Morgan fingerprint density at radius 2 is 2.10 bits per heavy atom. The molecule has 0 heterocycles. The number of aliphatic hydroxyl groups is 1. The van der Waals surface area contributed by atoms with Crippen LogP contribution in [0.3, 0.4) is 0 Å². The molecule has 0 amide bonds. The third-order valence-electron chi connectivity index (χ3n) is 2.90. The zero-order valence-corrected chi connectivity index (χ0v) is 12.5. The molecule has 0 aliphatic heterocycles. The fraction of sp³-hybridized carbons (Fsp3) is 0.200. The van der Waals surface area contributed by atoms with Gasteiger partial charge in [-0.25, -0.2) is 4.39 Å². The van der Waals surface area contributed by atoms with Crippen molar-refractivity contribution in [3.8, 4) is 5.75 Å². The summed E-state index contributed by atoms with van der Waals surface area (Å²) in [6, 6.07) is 11.9. The van der Waals surface area contributed by atoms with Gasteiger partial charge in [0.15, 0.2) is 0 Å². The molecule has 0 aromatic heterocycles. The first-order valence-corrected chi connectivity index (χ1v) is 6.90. The predicted molar refractivity (Wildman–Crippen MR) is 80.5 cm³/mol. The normalized spacial score (nSPS) is 12.0. The van der Waals surface area contributed by atoms with Crippen molar-refractivity contribution in [2.24, 2.45) is 0 Å². The zero-order valence-electron chi connectivity index (χ0n) is 10.9. The standard InChI is InChI=1S/C15H15BrFNO2/c1-20-12-4-2-3-10(7-12)15(19)9-18-11-5-6-14(17)13(16)8-11/h2-8,15,18-19H,9H2,1H3. The summed E-state index contributed by atoms with van der Waals surface area (Å²) in [6.07, 6.45) is -0.672. The van der Waals surface area contributed by atoms with E-state index >= 15 is 0 Å². The van der Waals surface area contributed by atoms with E-state index in [0.717, 1.165) is 11.3 Å². The highest BCUT2D eigenvalue weighted by molar-refractivity contribution is 9.10. The summed E-state index contributed by atoms with van der Waals surface area (Å²) in [6.45, 7) is 0.325. The highest BCUT2D eigenvalue weighted by atomic mass is 79.9. The van der Waals surface area contributed by atoms with Crippen molar-refractivity contribution in [3.05, 3.63) is 58.3 Å². The summed E-state index contributed by atoms with van der Waals surface area (Å²) in [7, 11) is 1.58. The SMILES string of the molecule is COc1cccc(C(O)CNc2ccc(F)c(Br)c2)c1. The number of halogens is 2. The van der Waals surface area contributed by atoms with Crippen LogP contribution in [-0.2, 0) is 0 Å². The first-order chi connectivity index (χ1) is 9.60. The Morgan fingerprint density at radius 1 is 1.30 bits per heavy atom. The second-order valence-corrected chi connectivity index (χ2v) is 5.16. The molecule has 1 atom stereocenters. The van der Waals surface area contributed by atoms with E-state index in [1.54, 1.807) is 25.3 Å². The van der Waals surface area contributed by atoms with Crippen molar-refractivity contribution in [3.63, 3.8) is 0 Å². The van der Waals surface area contributed by atoms with Gasteiger partial charge in [-0.3, -0.25) is 0 Å². The Bertz CT molecular complexity index is 592. The van der Waals surface area contributed by atoms with Crippen LogP contribution in [-0.4, -0.2) is 18.8 Å². The monoisotopic (exact) mass is 339 g/mol. The van der Waals surface area contributed by atoms with Crippen molar-refractivity contribution in [1.82, 2.24) is 0 Å². The van der Waals surface area contributed by atoms with E-state index in [9.17, 15) is 9.50 Å². The Morgan fingerprint density at radius 3 is 2.80 bits per heavy atom. The van der Waals surface area contributed by atoms with Gasteiger partial charge >= 0.3 is 0 Å². The smallest absolute Gasteiger partial charge is 0.137 e. The van der Waals surface area contributed by atoms with Crippen LogP contribution >= 0.6 is 15.9 Å². The van der Waals surface area contributed by atoms with Gasteiger partial charge in [-0.15, -0.1) is 0 Å². The van der Waals surface area contributed by atoms with E-state index in [0.29, 0.717) is 16.8 Å². The molecule has 106 valence electrons. The summed E-state index contributed by atoms with van der Waals surface area (Å²) >= 11 is 3.12. The maximum Gasteiger partial charge on any atom is 0.137 e. The number of anilines is 1. The number of hydrogen-bond donors (Lipinski definition) is 2. The van der Waals surface area contributed by atoms with Crippen LogP contribution in [0.15, 0.2) is 46.9 Å². The van der Waals surface area contributed by atoms with Gasteiger partial charge < -0.3 is 15.2 Å². The maximum absolute atomic E-state index is 13.1. The molecule has 0 saturated carbocycles. The summed E-state index contributed by atoms with van der Waals surface area (Å²) < 4.78 is 18.6. The van der Waals surface area contributed by atoms with E-state index in [1.807, 2.05) is 18.2 Å². The van der Waals surface area contributed by atoms with E-state index in [1.165, 1.54) is 6.07 Å². The molecule has 1 unspecified atom stereocenters. The largest absolute Gasteiger partial charge is 0.497 e. The quantitative estimate of drug-likeness (QED) is 0.871. The molecule has 0 spiro atoms. The molecule has 0 fully saturated rings. The number of nitrogens with one attached hydrogen (secondary N) is 1. The molecule has 0 aliphatic rings. The lowest BCUT2D eigenvalue weighted by atomic mass is 10.1. The number of ether oxygens (including phenoxy) is 1. The molecule has 5 heteroatoms. The number of benzene rings is 2. The fourth-order valence-corrected chi connectivity index (χ4v) is 2.17. The number of aliphatic hydroxyl groups excluding tert-OH is 1. The lowest BCUT2D eigenvalue weighted by molar-refractivity contribution is 0.191. The van der Waals surface area contributed by atoms with Gasteiger partial charge in [-0.1, -0.05) is 12.1 Å². The van der Waals surface area contributed by atoms with E-state index < -0.39 is 6.10 Å². The third-order valence-corrected chi connectivity index (χ3v) is 3.51. The van der Waals surface area contributed by atoms with Crippen LogP contribution < -0.4 is 10.1 Å². The van der Waals surface area contributed by atoms with E-state index in [4.69, 9.17) is 4.74 Å². The number of hydrogen-bond acceptors (Lipinski definition) is 3. The van der Waals surface area contributed by atoms with Gasteiger partial charge in [0.2, 0.25) is 0 Å². The van der Waals surface area contributed by atoms with Crippen LogP contribution in [0.5, 0.6) is 5.75 Å². The Labute approximate surface area is 125 Å². The van der Waals surface area contributed by atoms with Crippen molar-refractivity contribution in [1.29, 1.82) is 0 Å². The molecule has 2 aromatic carbocycles. The minimum Gasteiger partial charge on any atom is -0.497 e. The highest BCUT2D eigenvalue weighted by Gasteiger charge is 2.09. The van der Waals surface area contributed by atoms with Crippen LogP contribution in [0.2, 0.25) is 0 Å². The van der Waals surface area contributed by atoms with Crippen molar-refractivity contribution in [2.75, 3.05) is 19.0 Å². The first kappa shape index (κ1) is 14.8. The summed E-state index contributed by atoms with van der Waals surface area (Å²) in [4.78, 5) is 0. The van der Waals surface area contributed by atoms with Gasteiger partial charge in [-0.05, 0) is 51.8 Å². The van der Waals surface area contributed by atoms with Crippen LogP contribution in [0.4, 0.5) is 10.1 Å². The average molecular weight is 340 g/mol.